The van der Waals surface area contributed by atoms with Crippen LogP contribution in [0.4, 0.5) is 4.79 Å². The standard InChI is InChI=1S/C88H139N33O18S3/c89-33-5-3-16-55-72(127)114-60(17-4-6-34-90)81(136)121-41-13-23-67(121)80(135)118-63(43-49-27-31-52(123)32-28-49)76(131)113-58(20-10-38-106-86(98)99)71(126)111-59(21-11-40-108-88(102)139)74(129)119-65(78(133)115-61(82(137)138)22-12-39-107-87(100)101)46-141-142-47-66(79(134)116-62(42-48-25-29-51(122)30-26-48)75(130)112-57(70(125)110-55)19-9-37-105-85(96)97)120-77(132)64(44-50-45-140-68-24-2-1-14-53(50)68)117-73(128)56(18-8-36-104-84(94)95)109-69(124)54(91)15-7-35-103-83(92)93/h1-2,14,24-32,45,54-67,122-123H,3-13,15-23,33-44,46-47,89-91H2,(H,109,124)(H,110,125)(H,111,126)(H,112,130)(H,113,131)(H,114,127)(H,115,133)(H,116,134)(H,117,128)(H,118,135)(H,119,129)(H,120,132)(H,137,138)(H4,92,93,103)(H4,94,95,104)(H4,96,97,105)(H4,98,99,106)(H4,100,101,107)(H3,102,108,139)/t54-,55-,56-,57-,58-,59-,60+,61-,62-,63-,64-,65-,66-,67-/m0/s1. The Morgan fingerprint density at radius 3 is 1.32 bits per heavy atom. The molecule has 3 heterocycles. The molecule has 0 bridgehead atoms. The number of fused-ring (bicyclic) bond motifs is 2. The molecule has 51 nitrogen and oxygen atoms in total. The summed E-state index contributed by atoms with van der Waals surface area (Å²) in [5, 5.41) is 121. The fourth-order valence-electron chi connectivity index (χ4n) is 15.3. The second-order valence-electron chi connectivity index (χ2n) is 34.1. The van der Waals surface area contributed by atoms with Crippen LogP contribution in [0, 0.1) is 27.0 Å². The Morgan fingerprint density at radius 1 is 0.437 bits per heavy atom. The van der Waals surface area contributed by atoms with Gasteiger partial charge in [-0.15, -0.1) is 11.3 Å². The van der Waals surface area contributed by atoms with Gasteiger partial charge in [0.25, 0.3) is 0 Å². The van der Waals surface area contributed by atoms with Crippen molar-refractivity contribution in [3.8, 4) is 11.5 Å². The van der Waals surface area contributed by atoms with Gasteiger partial charge in [-0.1, -0.05) is 64.1 Å². The summed E-state index contributed by atoms with van der Waals surface area (Å²) in [6, 6.07) is -5.68. The second kappa shape index (κ2) is 62.2. The first-order chi connectivity index (χ1) is 67.7. The zero-order chi connectivity index (χ0) is 104. The lowest BCUT2D eigenvalue weighted by Crippen LogP contribution is -2.61. The number of carbonyl (C=O) groups is 15. The number of amides is 15. The summed E-state index contributed by atoms with van der Waals surface area (Å²) in [6.45, 7) is -0.0267. The molecule has 15 amide bonds. The van der Waals surface area contributed by atoms with Crippen molar-refractivity contribution in [2.45, 2.75) is 232 Å². The Bertz CT molecular complexity index is 4930. The van der Waals surface area contributed by atoms with Gasteiger partial charge in [-0.2, -0.15) is 0 Å². The van der Waals surface area contributed by atoms with Gasteiger partial charge in [-0.05, 0) is 199 Å². The van der Waals surface area contributed by atoms with E-state index in [0.29, 0.717) is 29.4 Å². The number of hydrogen-bond acceptors (Lipinski definition) is 28. The zero-order valence-electron chi connectivity index (χ0n) is 79.0. The van der Waals surface area contributed by atoms with Crippen molar-refractivity contribution in [1.29, 1.82) is 27.0 Å². The van der Waals surface area contributed by atoms with Gasteiger partial charge in [0.05, 0.1) is 6.04 Å². The number of thiophene rings is 1. The molecule has 0 aliphatic carbocycles. The Morgan fingerprint density at radius 2 is 0.845 bits per heavy atom. The Balaban J connectivity index is 1.61. The summed E-state index contributed by atoms with van der Waals surface area (Å²) in [7, 11) is 1.48. The van der Waals surface area contributed by atoms with E-state index in [1.165, 1.54) is 64.8 Å². The number of carboxylic acid groups (broad SMARTS) is 1. The number of urea groups is 1. The number of hydrogen-bond donors (Lipinski definition) is 35. The monoisotopic (exact) mass is 2040 g/mol. The number of nitrogens with one attached hydrogen (secondary N) is 23. The lowest BCUT2D eigenvalue weighted by atomic mass is 10.0. The van der Waals surface area contributed by atoms with E-state index in [0.717, 1.165) is 26.3 Å². The summed E-state index contributed by atoms with van der Waals surface area (Å²) in [5.41, 5.74) is 52.9. The molecule has 4 aromatic rings. The van der Waals surface area contributed by atoms with E-state index < -0.39 is 222 Å². The molecule has 44 N–H and O–H groups in total. The maximum absolute atomic E-state index is 16.0. The second-order valence-corrected chi connectivity index (χ2v) is 37.5. The Hall–Kier alpha value is -14.0. The van der Waals surface area contributed by atoms with Crippen molar-refractivity contribution < 1.29 is 87.2 Å². The van der Waals surface area contributed by atoms with E-state index in [1.54, 1.807) is 29.6 Å². The normalized spacial score (nSPS) is 20.3. The molecule has 2 aliphatic rings. The number of unbranched alkanes of at least 4 members (excludes halogenated alkanes) is 2. The van der Waals surface area contributed by atoms with Gasteiger partial charge in [0.1, 0.15) is 90.0 Å². The topological polar surface area (TPSA) is 890 Å². The highest BCUT2D eigenvalue weighted by Gasteiger charge is 2.43. The zero-order valence-corrected chi connectivity index (χ0v) is 81.4. The van der Waals surface area contributed by atoms with Crippen LogP contribution in [-0.4, -0.2) is 294 Å². The highest BCUT2D eigenvalue weighted by molar-refractivity contribution is 8.76. The number of nitrogens with zero attached hydrogens (tertiary/aromatic N) is 1. The number of phenols is 2. The van der Waals surface area contributed by atoms with E-state index >= 15 is 57.5 Å². The third-order valence-electron chi connectivity index (χ3n) is 22.8. The van der Waals surface area contributed by atoms with Gasteiger partial charge in [-0.25, -0.2) is 9.59 Å². The molecule has 3 aromatic carbocycles. The fraction of sp³-hybridized carbons (Fsp3) is 0.545. The van der Waals surface area contributed by atoms with E-state index in [4.69, 9.17) is 78.6 Å². The van der Waals surface area contributed by atoms with Gasteiger partial charge < -0.3 is 168 Å². The average molecular weight is 2040 g/mol. The predicted molar refractivity (Wildman–Crippen MR) is 536 cm³/mol. The van der Waals surface area contributed by atoms with Crippen molar-refractivity contribution in [3.63, 3.8) is 0 Å². The van der Waals surface area contributed by atoms with Crippen molar-refractivity contribution in [3.05, 3.63) is 94.9 Å². The van der Waals surface area contributed by atoms with Crippen LogP contribution in [0.15, 0.2) is 78.2 Å². The van der Waals surface area contributed by atoms with Crippen LogP contribution in [0.5, 0.6) is 11.5 Å². The van der Waals surface area contributed by atoms with Crippen molar-refractivity contribution >= 4 is 162 Å². The van der Waals surface area contributed by atoms with Gasteiger partial charge in [0.15, 0.2) is 29.8 Å². The Kier molecular flexibility index (Phi) is 51.1. The first-order valence-electron chi connectivity index (χ1n) is 46.8. The number of aromatic hydroxyl groups is 2. The number of guanidine groups is 5. The van der Waals surface area contributed by atoms with Crippen LogP contribution >= 0.6 is 32.9 Å². The average Bonchev–Trinajstić information content (AvgIpc) is 1.65. The molecule has 1 aromatic heterocycles. The third kappa shape index (κ3) is 42.6. The van der Waals surface area contributed by atoms with Gasteiger partial charge in [-0.3, -0.25) is 89.4 Å². The molecule has 0 unspecified atom stereocenters. The number of carboxylic acids is 1. The number of benzene rings is 3. The third-order valence-corrected chi connectivity index (χ3v) is 26.3. The first-order valence-corrected chi connectivity index (χ1v) is 50.1. The highest BCUT2D eigenvalue weighted by Crippen LogP contribution is 2.29. The van der Waals surface area contributed by atoms with Gasteiger partial charge >= 0.3 is 12.0 Å². The van der Waals surface area contributed by atoms with Crippen molar-refractivity contribution in [2.24, 2.45) is 51.6 Å². The number of rotatable bonds is 47. The largest absolute Gasteiger partial charge is 0.508 e. The number of nitrogens with two attached hydrogens (primary N) is 9. The van der Waals surface area contributed by atoms with Crippen LogP contribution in [0.2, 0.25) is 0 Å². The number of aliphatic carboxylic acids is 1. The predicted octanol–water partition coefficient (Wildman–Crippen LogP) is -6.02. The first kappa shape index (κ1) is 117. The summed E-state index contributed by atoms with van der Waals surface area (Å²) >= 11 is 1.29. The van der Waals surface area contributed by atoms with Crippen LogP contribution in [0.1, 0.15) is 145 Å². The number of carbonyl (C=O) groups excluding carboxylic acids is 14. The van der Waals surface area contributed by atoms with Crippen LogP contribution < -0.4 is 147 Å². The molecule has 0 saturated carbocycles. The molecule has 2 fully saturated rings. The number of phenolic OH excluding ortho intramolecular Hbond substituents is 2. The molecular formula is C88H139N33O18S3. The van der Waals surface area contributed by atoms with E-state index in [2.05, 4.69) is 95.7 Å². The van der Waals surface area contributed by atoms with E-state index in [-0.39, 0.29) is 204 Å². The minimum absolute atomic E-state index is 0.0131. The SMILES string of the molecule is N=C(N)NCCC[C@H](NC(=O)[C@@H]1CSSC[C@H](NC(=O)[C@H](Cc2csc3ccccc23)NC(=O)[C@H](CCCNC(=N)N)NC(=O)[C@@H](N)CCCNC(=N)N)C(=O)N[C@@H](Cc2ccc(O)cc2)C(=O)N[C@@H](CCCNC(=N)N)C(=O)N[C@@H](CCCCN)C(=O)N[C@H](CCCCN)C(=O)N2CCC[C@H]2C(=O)N[C@@H](Cc2ccc(O)cc2)C(=O)N[C@@H](CCCNC(=N)N)C(=O)N[C@@H](CCCNC(N)=O)C(=O)N1)C(=O)O. The van der Waals surface area contributed by atoms with E-state index in [1.807, 2.05) is 0 Å². The minimum Gasteiger partial charge on any atom is -0.508 e. The molecule has 14 atom stereocenters. The molecule has 2 saturated heterocycles. The van der Waals surface area contributed by atoms with Crippen LogP contribution in [0.3, 0.4) is 0 Å². The summed E-state index contributed by atoms with van der Waals surface area (Å²) in [4.78, 5) is 226. The van der Waals surface area contributed by atoms with Crippen LogP contribution in [-0.2, 0) is 86.4 Å². The molecule has 54 heteroatoms. The Labute approximate surface area is 832 Å². The molecule has 782 valence electrons. The molecule has 6 rings (SSSR count). The minimum atomic E-state index is -1.90. The van der Waals surface area contributed by atoms with Gasteiger partial charge in [0, 0.05) is 81.3 Å². The molecular weight excluding hydrogens is 1900 g/mol. The quantitative estimate of drug-likeness (QED) is 0.00847. The molecule has 142 heavy (non-hydrogen) atoms. The summed E-state index contributed by atoms with van der Waals surface area (Å²) in [6.07, 6.45) is -1.32. The summed E-state index contributed by atoms with van der Waals surface area (Å²) in [5.74, 6) is -18.3. The maximum atomic E-state index is 16.0. The maximum Gasteiger partial charge on any atom is 0.326 e. The van der Waals surface area contributed by atoms with Crippen molar-refractivity contribution in [1.82, 2.24) is 101 Å². The summed E-state index contributed by atoms with van der Waals surface area (Å²) < 4.78 is 0.748. The van der Waals surface area contributed by atoms with E-state index in [9.17, 15) is 29.7 Å². The fourth-order valence-corrected chi connectivity index (χ4v) is 18.6. The smallest absolute Gasteiger partial charge is 0.326 e. The molecule has 2 aliphatic heterocycles. The number of primary amides is 1. The highest BCUT2D eigenvalue weighted by atomic mass is 33.1. The molecule has 0 radical (unpaired) electrons. The molecule has 0 spiro atoms. The lowest BCUT2D eigenvalue weighted by Gasteiger charge is -2.31. The van der Waals surface area contributed by atoms with Crippen LogP contribution in [0.25, 0.3) is 10.1 Å². The lowest BCUT2D eigenvalue weighted by molar-refractivity contribution is -0.142. The van der Waals surface area contributed by atoms with Crippen molar-refractivity contribution in [2.75, 3.05) is 70.4 Å². The van der Waals surface area contributed by atoms with Gasteiger partial charge in [0.2, 0.25) is 76.8 Å².